The van der Waals surface area contributed by atoms with E-state index in [9.17, 15) is 18.5 Å². The number of nitro benzene ring substituents is 1. The van der Waals surface area contributed by atoms with Gasteiger partial charge in [-0.25, -0.2) is 13.1 Å². The van der Waals surface area contributed by atoms with Crippen molar-refractivity contribution in [3.8, 4) is 0 Å². The van der Waals surface area contributed by atoms with E-state index < -0.39 is 14.9 Å². The van der Waals surface area contributed by atoms with Crippen LogP contribution in [0, 0.1) is 10.1 Å². The smallest absolute Gasteiger partial charge is 0.293 e. The SMILES string of the molecule is CNS(=O)(=O)c1ccc(N[C@@H]2CCC[C@@H]2N(C)C)c([N+](=O)[O-])c1. The normalized spacial score (nSPS) is 21.6. The van der Waals surface area contributed by atoms with Crippen molar-refractivity contribution in [2.75, 3.05) is 26.5 Å². The fourth-order valence-electron chi connectivity index (χ4n) is 3.00. The van der Waals surface area contributed by atoms with Crippen molar-refractivity contribution in [1.29, 1.82) is 0 Å². The Morgan fingerprint density at radius 2 is 2.00 bits per heavy atom. The Hall–Kier alpha value is -1.71. The second kappa shape index (κ2) is 6.81. The topological polar surface area (TPSA) is 105 Å². The minimum Gasteiger partial charge on any atom is -0.375 e. The molecule has 0 saturated heterocycles. The summed E-state index contributed by atoms with van der Waals surface area (Å²) in [7, 11) is 1.53. The van der Waals surface area contributed by atoms with Crippen molar-refractivity contribution < 1.29 is 13.3 Å². The second-order valence-electron chi connectivity index (χ2n) is 5.86. The average molecular weight is 342 g/mol. The van der Waals surface area contributed by atoms with Crippen LogP contribution in [0.25, 0.3) is 0 Å². The first-order valence-electron chi connectivity index (χ1n) is 7.41. The lowest BCUT2D eigenvalue weighted by atomic mass is 10.1. The zero-order valence-corrected chi connectivity index (χ0v) is 14.3. The Morgan fingerprint density at radius 1 is 1.30 bits per heavy atom. The van der Waals surface area contributed by atoms with Crippen LogP contribution in [0.5, 0.6) is 0 Å². The predicted molar refractivity (Wildman–Crippen MR) is 88.1 cm³/mol. The maximum absolute atomic E-state index is 11.8. The molecule has 0 aliphatic heterocycles. The molecule has 0 aromatic heterocycles. The van der Waals surface area contributed by atoms with Gasteiger partial charge in [-0.1, -0.05) is 0 Å². The summed E-state index contributed by atoms with van der Waals surface area (Å²) >= 11 is 0. The number of hydrogen-bond acceptors (Lipinski definition) is 6. The van der Waals surface area contributed by atoms with E-state index >= 15 is 0 Å². The highest BCUT2D eigenvalue weighted by atomic mass is 32.2. The van der Waals surface area contributed by atoms with Gasteiger partial charge in [0, 0.05) is 18.2 Å². The highest BCUT2D eigenvalue weighted by molar-refractivity contribution is 7.89. The first-order valence-corrected chi connectivity index (χ1v) is 8.89. The fraction of sp³-hybridized carbons (Fsp3) is 0.571. The van der Waals surface area contributed by atoms with Crippen molar-refractivity contribution >= 4 is 21.4 Å². The second-order valence-corrected chi connectivity index (χ2v) is 7.74. The number of hydrogen-bond donors (Lipinski definition) is 2. The fourth-order valence-corrected chi connectivity index (χ4v) is 3.75. The van der Waals surface area contributed by atoms with Crippen molar-refractivity contribution in [3.05, 3.63) is 28.3 Å². The molecule has 1 aromatic rings. The van der Waals surface area contributed by atoms with Gasteiger partial charge in [0.05, 0.1) is 9.82 Å². The largest absolute Gasteiger partial charge is 0.375 e. The zero-order valence-electron chi connectivity index (χ0n) is 13.4. The number of nitro groups is 1. The highest BCUT2D eigenvalue weighted by Crippen LogP contribution is 2.32. The lowest BCUT2D eigenvalue weighted by Crippen LogP contribution is -2.39. The summed E-state index contributed by atoms with van der Waals surface area (Å²) in [5.74, 6) is 0. The van der Waals surface area contributed by atoms with Gasteiger partial charge < -0.3 is 10.2 Å². The molecule has 1 aromatic carbocycles. The van der Waals surface area contributed by atoms with Crippen LogP contribution in [0.3, 0.4) is 0 Å². The summed E-state index contributed by atoms with van der Waals surface area (Å²) in [5.41, 5.74) is 0.120. The molecule has 0 unspecified atom stereocenters. The van der Waals surface area contributed by atoms with Crippen LogP contribution in [-0.4, -0.2) is 51.5 Å². The quantitative estimate of drug-likeness (QED) is 0.598. The number of rotatable bonds is 6. The number of sulfonamides is 1. The predicted octanol–water partition coefficient (Wildman–Crippen LogP) is 1.40. The van der Waals surface area contributed by atoms with Gasteiger partial charge in [-0.3, -0.25) is 10.1 Å². The lowest BCUT2D eigenvalue weighted by Gasteiger charge is -2.27. The van der Waals surface area contributed by atoms with Gasteiger partial charge in [0.15, 0.2) is 0 Å². The molecule has 8 nitrogen and oxygen atoms in total. The third kappa shape index (κ3) is 3.80. The molecule has 0 radical (unpaired) electrons. The molecule has 9 heteroatoms. The van der Waals surface area contributed by atoms with E-state index in [1.807, 2.05) is 14.1 Å². The number of anilines is 1. The number of likely N-dealkylation sites (N-methyl/N-ethyl adjacent to an activating group) is 1. The standard InChI is InChI=1S/C14H22N4O4S/c1-15-23(21,22)10-7-8-12(14(9-10)18(19)20)16-11-5-4-6-13(11)17(2)3/h7-9,11,13,15-16H,4-6H2,1-3H3/t11-,13+/m1/s1. The summed E-state index contributed by atoms with van der Waals surface area (Å²) in [6.07, 6.45) is 3.02. The minimum atomic E-state index is -3.71. The summed E-state index contributed by atoms with van der Waals surface area (Å²) in [5, 5.41) is 14.5. The maximum Gasteiger partial charge on any atom is 0.293 e. The first-order chi connectivity index (χ1) is 10.8. The Kier molecular flexibility index (Phi) is 5.23. The Labute approximate surface area is 136 Å². The van der Waals surface area contributed by atoms with Crippen LogP contribution >= 0.6 is 0 Å². The van der Waals surface area contributed by atoms with E-state index in [2.05, 4.69) is 14.9 Å². The van der Waals surface area contributed by atoms with Crippen molar-refractivity contribution in [1.82, 2.24) is 9.62 Å². The van der Waals surface area contributed by atoms with Crippen molar-refractivity contribution in [3.63, 3.8) is 0 Å². The molecule has 2 atom stereocenters. The molecule has 23 heavy (non-hydrogen) atoms. The summed E-state index contributed by atoms with van der Waals surface area (Å²) in [6, 6.07) is 4.34. The van der Waals surface area contributed by atoms with Crippen LogP contribution in [0.4, 0.5) is 11.4 Å². The van der Waals surface area contributed by atoms with Crippen LogP contribution in [0.1, 0.15) is 19.3 Å². The lowest BCUT2D eigenvalue weighted by molar-refractivity contribution is -0.384. The monoisotopic (exact) mass is 342 g/mol. The Morgan fingerprint density at radius 3 is 2.57 bits per heavy atom. The third-order valence-electron chi connectivity index (χ3n) is 4.23. The molecular weight excluding hydrogens is 320 g/mol. The van der Waals surface area contributed by atoms with Gasteiger partial charge in [0.1, 0.15) is 5.69 Å². The molecule has 2 rings (SSSR count). The van der Waals surface area contributed by atoms with Crippen LogP contribution in [0.2, 0.25) is 0 Å². The van der Waals surface area contributed by atoms with Gasteiger partial charge in [-0.15, -0.1) is 0 Å². The van der Waals surface area contributed by atoms with E-state index in [0.717, 1.165) is 25.3 Å². The Bertz CT molecular complexity index is 690. The van der Waals surface area contributed by atoms with E-state index in [1.165, 1.54) is 19.2 Å². The number of benzene rings is 1. The van der Waals surface area contributed by atoms with Gasteiger partial charge >= 0.3 is 0 Å². The molecule has 0 spiro atoms. The summed E-state index contributed by atoms with van der Waals surface area (Å²) in [6.45, 7) is 0. The molecule has 0 amide bonds. The minimum absolute atomic E-state index is 0.107. The summed E-state index contributed by atoms with van der Waals surface area (Å²) < 4.78 is 25.8. The molecule has 0 heterocycles. The summed E-state index contributed by atoms with van der Waals surface area (Å²) in [4.78, 5) is 12.7. The third-order valence-corrected chi connectivity index (χ3v) is 5.64. The molecule has 0 bridgehead atoms. The van der Waals surface area contributed by atoms with E-state index in [0.29, 0.717) is 11.7 Å². The molecular formula is C14H22N4O4S. The van der Waals surface area contributed by atoms with Crippen LogP contribution in [0.15, 0.2) is 23.1 Å². The number of nitrogens with zero attached hydrogens (tertiary/aromatic N) is 2. The van der Waals surface area contributed by atoms with Crippen LogP contribution in [-0.2, 0) is 10.0 Å². The maximum atomic E-state index is 11.8. The van der Waals surface area contributed by atoms with Gasteiger partial charge in [0.25, 0.3) is 5.69 Å². The average Bonchev–Trinajstić information content (AvgIpc) is 2.95. The molecule has 2 N–H and O–H groups in total. The van der Waals surface area contributed by atoms with Gasteiger partial charge in [0.2, 0.25) is 10.0 Å². The van der Waals surface area contributed by atoms with E-state index in [1.54, 1.807) is 0 Å². The Balaban J connectivity index is 2.34. The molecule has 1 aliphatic rings. The molecule has 1 fully saturated rings. The van der Waals surface area contributed by atoms with Crippen molar-refractivity contribution in [2.45, 2.75) is 36.2 Å². The van der Waals surface area contributed by atoms with Gasteiger partial charge in [-0.05, 0) is 52.5 Å². The van der Waals surface area contributed by atoms with Crippen LogP contribution < -0.4 is 10.0 Å². The van der Waals surface area contributed by atoms with E-state index in [4.69, 9.17) is 0 Å². The molecule has 1 aliphatic carbocycles. The number of nitrogens with one attached hydrogen (secondary N) is 2. The van der Waals surface area contributed by atoms with Gasteiger partial charge in [-0.2, -0.15) is 0 Å². The van der Waals surface area contributed by atoms with Crippen molar-refractivity contribution in [2.24, 2.45) is 0 Å². The van der Waals surface area contributed by atoms with E-state index in [-0.39, 0.29) is 16.6 Å². The highest BCUT2D eigenvalue weighted by Gasteiger charge is 2.30. The first kappa shape index (κ1) is 17.6. The molecule has 1 saturated carbocycles. The molecule has 128 valence electrons. The zero-order chi connectivity index (χ0) is 17.2.